The molecule has 1 aliphatic heterocycles. The molecule has 12 nitrogen and oxygen atoms in total. The summed E-state index contributed by atoms with van der Waals surface area (Å²) in [6.45, 7) is 0. The van der Waals surface area contributed by atoms with Gasteiger partial charge in [-0.15, -0.1) is 5.10 Å². The van der Waals surface area contributed by atoms with Crippen molar-refractivity contribution in [2.24, 2.45) is 0 Å². The van der Waals surface area contributed by atoms with E-state index in [2.05, 4.69) is 30.5 Å². The molecule has 6 rings (SSSR count). The molecule has 4 aromatic heterocycles. The number of benzene rings is 1. The predicted octanol–water partition coefficient (Wildman–Crippen LogP) is 3.58. The second-order valence-corrected chi connectivity index (χ2v) is 9.28. The van der Waals surface area contributed by atoms with Crippen LogP contribution in [0.3, 0.4) is 0 Å². The molecule has 0 fully saturated rings. The molecule has 38 heavy (non-hydrogen) atoms. The number of nitrogens with zero attached hydrogens (tertiary/aromatic N) is 8. The molecular weight excluding hydrogens is 510 g/mol. The van der Waals surface area contributed by atoms with E-state index in [1.165, 1.54) is 18.1 Å². The first-order chi connectivity index (χ1) is 18.4. The molecule has 0 spiro atoms. The van der Waals surface area contributed by atoms with Crippen molar-refractivity contribution in [3.8, 4) is 28.1 Å². The van der Waals surface area contributed by atoms with E-state index in [9.17, 15) is 9.59 Å². The number of hydrogen-bond donors (Lipinski definition) is 2. The van der Waals surface area contributed by atoms with Gasteiger partial charge in [-0.05, 0) is 65.2 Å². The third-order valence-corrected chi connectivity index (χ3v) is 6.83. The van der Waals surface area contributed by atoms with Gasteiger partial charge < -0.3 is 14.7 Å². The number of imidazole rings is 1. The number of rotatable bonds is 5. The Balaban J connectivity index is 1.32. The van der Waals surface area contributed by atoms with Crippen molar-refractivity contribution in [3.63, 3.8) is 0 Å². The Morgan fingerprint density at radius 1 is 1.13 bits per heavy atom. The number of nitrogens with one attached hydrogen (secondary N) is 1. The summed E-state index contributed by atoms with van der Waals surface area (Å²) in [6, 6.07) is 12.1. The van der Waals surface area contributed by atoms with E-state index in [0.29, 0.717) is 35.2 Å². The number of aromatic amines is 1. The molecular formula is C25H20ClN9O3. The molecule has 0 saturated carbocycles. The minimum Gasteiger partial charge on any atom is -0.465 e. The molecule has 1 aliphatic rings. The fourth-order valence-corrected chi connectivity index (χ4v) is 4.89. The highest BCUT2D eigenvalue weighted by Crippen LogP contribution is 2.34. The monoisotopic (exact) mass is 529 g/mol. The van der Waals surface area contributed by atoms with Crippen LogP contribution in [-0.4, -0.2) is 58.0 Å². The van der Waals surface area contributed by atoms with E-state index in [1.54, 1.807) is 47.3 Å². The fraction of sp³-hybridized carbons (Fsp3) is 0.160. The highest BCUT2D eigenvalue weighted by molar-refractivity contribution is 6.31. The van der Waals surface area contributed by atoms with Crippen molar-refractivity contribution in [1.82, 2.24) is 39.7 Å². The number of aromatic nitrogens is 8. The average molecular weight is 530 g/mol. The molecule has 0 saturated heterocycles. The van der Waals surface area contributed by atoms with Gasteiger partial charge in [-0.1, -0.05) is 11.6 Å². The largest absolute Gasteiger partial charge is 0.465 e. The van der Waals surface area contributed by atoms with Crippen LogP contribution in [-0.2, 0) is 6.42 Å². The second-order valence-electron chi connectivity index (χ2n) is 8.84. The molecule has 1 amide bonds. The molecule has 5 heterocycles. The van der Waals surface area contributed by atoms with Crippen LogP contribution in [0.15, 0.2) is 66.0 Å². The Kier molecular flexibility index (Phi) is 5.72. The molecule has 13 heteroatoms. The lowest BCUT2D eigenvalue weighted by atomic mass is 10.0. The summed E-state index contributed by atoms with van der Waals surface area (Å²) in [5.41, 5.74) is 4.40. The lowest BCUT2D eigenvalue weighted by Gasteiger charge is -2.15. The number of carbonyl (C=O) groups is 1. The van der Waals surface area contributed by atoms with Crippen LogP contribution in [0.4, 0.5) is 10.6 Å². The Morgan fingerprint density at radius 3 is 2.74 bits per heavy atom. The molecule has 0 radical (unpaired) electrons. The van der Waals surface area contributed by atoms with E-state index in [0.717, 1.165) is 33.0 Å². The number of hydrogen-bond acceptors (Lipinski definition) is 7. The fourth-order valence-electron chi connectivity index (χ4n) is 4.71. The van der Waals surface area contributed by atoms with E-state index >= 15 is 0 Å². The summed E-state index contributed by atoms with van der Waals surface area (Å²) in [6.07, 6.45) is 5.08. The van der Waals surface area contributed by atoms with Crippen molar-refractivity contribution in [2.75, 3.05) is 11.9 Å². The molecule has 2 N–H and O–H groups in total. The average Bonchev–Trinajstić information content (AvgIpc) is 3.69. The SMILES string of the molecule is CN(C(=O)O)c1ccc(-c2cnc([C@@H]3CCc4cc(-c5cc(Cl)ccc5-n5cnnn5)cc(=O)n43)[nH]2)cn1. The number of H-pyrrole nitrogens is 1. The Bertz CT molecular complexity index is 1710. The highest BCUT2D eigenvalue weighted by Gasteiger charge is 2.28. The van der Waals surface area contributed by atoms with Gasteiger partial charge >= 0.3 is 6.09 Å². The maximum absolute atomic E-state index is 13.4. The Hall–Kier alpha value is -4.84. The van der Waals surface area contributed by atoms with Gasteiger partial charge in [-0.3, -0.25) is 9.69 Å². The van der Waals surface area contributed by atoms with Crippen molar-refractivity contribution in [1.29, 1.82) is 0 Å². The normalized spacial score (nSPS) is 14.4. The molecule has 0 unspecified atom stereocenters. The summed E-state index contributed by atoms with van der Waals surface area (Å²) in [7, 11) is 1.43. The maximum atomic E-state index is 13.4. The zero-order valence-electron chi connectivity index (χ0n) is 20.0. The number of amides is 1. The van der Waals surface area contributed by atoms with E-state index in [4.69, 9.17) is 16.7 Å². The number of tetrazole rings is 1. The third-order valence-electron chi connectivity index (χ3n) is 6.60. The second kappa shape index (κ2) is 9.23. The maximum Gasteiger partial charge on any atom is 0.412 e. The number of anilines is 1. The van der Waals surface area contributed by atoms with Gasteiger partial charge in [0.05, 0.1) is 23.6 Å². The van der Waals surface area contributed by atoms with Gasteiger partial charge in [-0.25, -0.2) is 14.8 Å². The Labute approximate surface area is 220 Å². The zero-order valence-corrected chi connectivity index (χ0v) is 20.7. The van der Waals surface area contributed by atoms with Gasteiger partial charge in [0.2, 0.25) is 0 Å². The molecule has 0 aliphatic carbocycles. The Morgan fingerprint density at radius 2 is 2.00 bits per heavy atom. The summed E-state index contributed by atoms with van der Waals surface area (Å²) in [4.78, 5) is 37.6. The zero-order chi connectivity index (χ0) is 26.4. The third kappa shape index (κ3) is 4.10. The van der Waals surface area contributed by atoms with Crippen LogP contribution >= 0.6 is 11.6 Å². The minimum absolute atomic E-state index is 0.150. The highest BCUT2D eigenvalue weighted by atomic mass is 35.5. The van der Waals surface area contributed by atoms with Crippen LogP contribution in [0.1, 0.15) is 24.0 Å². The smallest absolute Gasteiger partial charge is 0.412 e. The van der Waals surface area contributed by atoms with Crippen LogP contribution in [0.2, 0.25) is 5.02 Å². The van der Waals surface area contributed by atoms with Crippen molar-refractivity contribution in [3.05, 3.63) is 88.1 Å². The molecule has 5 aromatic rings. The minimum atomic E-state index is -1.09. The van der Waals surface area contributed by atoms with Gasteiger partial charge in [0, 0.05) is 41.2 Å². The lowest BCUT2D eigenvalue weighted by molar-refractivity contribution is 0.203. The van der Waals surface area contributed by atoms with Crippen LogP contribution < -0.4 is 10.5 Å². The van der Waals surface area contributed by atoms with Crippen LogP contribution in [0.5, 0.6) is 0 Å². The molecule has 1 atom stereocenters. The number of pyridine rings is 2. The van der Waals surface area contributed by atoms with Crippen LogP contribution in [0, 0.1) is 0 Å². The van der Waals surface area contributed by atoms with Crippen molar-refractivity contribution in [2.45, 2.75) is 18.9 Å². The summed E-state index contributed by atoms with van der Waals surface area (Å²) >= 11 is 6.29. The number of carboxylic acid groups (broad SMARTS) is 1. The van der Waals surface area contributed by atoms with E-state index in [1.807, 2.05) is 12.1 Å². The van der Waals surface area contributed by atoms with Crippen molar-refractivity contribution >= 4 is 23.5 Å². The van der Waals surface area contributed by atoms with E-state index in [-0.39, 0.29) is 11.6 Å². The van der Waals surface area contributed by atoms with E-state index < -0.39 is 6.09 Å². The molecule has 190 valence electrons. The van der Waals surface area contributed by atoms with Gasteiger partial charge in [-0.2, -0.15) is 4.68 Å². The summed E-state index contributed by atoms with van der Waals surface area (Å²) in [5, 5.41) is 21.1. The first-order valence-electron chi connectivity index (χ1n) is 11.7. The summed E-state index contributed by atoms with van der Waals surface area (Å²) < 4.78 is 3.29. The topological polar surface area (TPSA) is 148 Å². The number of fused-ring (bicyclic) bond motifs is 1. The standard InChI is InChI=1S/C25H20ClN9O3/c1-33(25(37)38)22-7-2-14(11-27-22)19-12-28-24(30-19)21-6-4-17-8-15(9-23(36)35(17)21)18-10-16(26)3-5-20(18)34-13-29-31-32-34/h2-3,5,7-13,21H,4,6H2,1H3,(H,28,30)(H,37,38)/t21-/m0/s1. The number of halogens is 1. The number of aryl methyl sites for hydroxylation is 1. The van der Waals surface area contributed by atoms with Gasteiger partial charge in [0.15, 0.2) is 0 Å². The quantitative estimate of drug-likeness (QED) is 0.351. The molecule has 1 aromatic carbocycles. The van der Waals surface area contributed by atoms with Crippen LogP contribution in [0.25, 0.3) is 28.1 Å². The first-order valence-corrected chi connectivity index (χ1v) is 12.0. The van der Waals surface area contributed by atoms with Gasteiger partial charge in [0.1, 0.15) is 18.0 Å². The predicted molar refractivity (Wildman–Crippen MR) is 139 cm³/mol. The molecule has 0 bridgehead atoms. The van der Waals surface area contributed by atoms with Gasteiger partial charge in [0.25, 0.3) is 5.56 Å². The first kappa shape index (κ1) is 23.6. The summed E-state index contributed by atoms with van der Waals surface area (Å²) in [5.74, 6) is 0.980. The van der Waals surface area contributed by atoms with Crippen molar-refractivity contribution < 1.29 is 9.90 Å². The lowest BCUT2D eigenvalue weighted by Crippen LogP contribution is -2.24.